The number of ether oxygens (including phenoxy) is 3. The number of nitrogens with two attached hydrogens (primary N) is 1. The molecule has 8 nitrogen and oxygen atoms in total. The lowest BCUT2D eigenvalue weighted by Gasteiger charge is -2.15. The van der Waals surface area contributed by atoms with Gasteiger partial charge in [-0.2, -0.15) is 5.10 Å². The van der Waals surface area contributed by atoms with Crippen molar-refractivity contribution in [2.45, 2.75) is 51.4 Å². The van der Waals surface area contributed by atoms with Crippen LogP contribution in [0.1, 0.15) is 12.8 Å². The van der Waals surface area contributed by atoms with Gasteiger partial charge in [0, 0.05) is 26.3 Å². The van der Waals surface area contributed by atoms with E-state index >= 15 is 0 Å². The van der Waals surface area contributed by atoms with Crippen molar-refractivity contribution in [1.29, 1.82) is 0 Å². The molecule has 9 heteroatoms. The van der Waals surface area contributed by atoms with Crippen molar-refractivity contribution >= 4 is 24.9 Å². The highest BCUT2D eigenvalue weighted by Crippen LogP contribution is 2.41. The number of hydrogen-bond donors (Lipinski definition) is 1. The number of hydrogen-bond acceptors (Lipinski definition) is 7. The van der Waals surface area contributed by atoms with E-state index < -0.39 is 8.07 Å². The Kier molecular flexibility index (Phi) is 5.66. The topological polar surface area (TPSA) is 97.3 Å². The predicted molar refractivity (Wildman–Crippen MR) is 119 cm³/mol. The zero-order valence-electron chi connectivity index (χ0n) is 18.0. The van der Waals surface area contributed by atoms with Gasteiger partial charge in [-0.25, -0.2) is 14.6 Å². The Morgan fingerprint density at radius 3 is 2.70 bits per heavy atom. The van der Waals surface area contributed by atoms with Gasteiger partial charge in [-0.3, -0.25) is 0 Å². The van der Waals surface area contributed by atoms with Crippen molar-refractivity contribution in [3.63, 3.8) is 0 Å². The van der Waals surface area contributed by atoms with Gasteiger partial charge in [-0.1, -0.05) is 19.6 Å². The molecular formula is C21H29N5O3Si. The van der Waals surface area contributed by atoms with Crippen molar-refractivity contribution in [2.24, 2.45) is 0 Å². The first-order valence-electron chi connectivity index (χ1n) is 10.3. The molecule has 30 heavy (non-hydrogen) atoms. The van der Waals surface area contributed by atoms with Crippen LogP contribution in [-0.4, -0.2) is 47.6 Å². The van der Waals surface area contributed by atoms with E-state index in [9.17, 15) is 0 Å². The summed E-state index contributed by atoms with van der Waals surface area (Å²) >= 11 is 0. The second kappa shape index (κ2) is 8.23. The summed E-state index contributed by atoms with van der Waals surface area (Å²) in [7, 11) is 0.432. The van der Waals surface area contributed by atoms with Crippen LogP contribution in [0.5, 0.6) is 11.6 Å². The van der Waals surface area contributed by atoms with Gasteiger partial charge in [0.15, 0.2) is 5.65 Å². The molecule has 3 aromatic rings. The second-order valence-corrected chi connectivity index (χ2v) is 14.4. The summed E-state index contributed by atoms with van der Waals surface area (Å²) in [4.78, 5) is 8.89. The van der Waals surface area contributed by atoms with Crippen LogP contribution >= 0.6 is 0 Å². The van der Waals surface area contributed by atoms with Crippen LogP contribution < -0.4 is 15.2 Å². The molecule has 0 spiro atoms. The highest BCUT2D eigenvalue weighted by Gasteiger charge is 2.28. The predicted octanol–water partition coefficient (Wildman–Crippen LogP) is 3.94. The summed E-state index contributed by atoms with van der Waals surface area (Å²) in [5.41, 5.74) is 8.06. The maximum absolute atomic E-state index is 6.13. The Balaban J connectivity index is 1.73. The molecule has 1 saturated carbocycles. The van der Waals surface area contributed by atoms with Crippen LogP contribution in [0.25, 0.3) is 22.3 Å². The molecule has 0 radical (unpaired) electrons. The third-order valence-electron chi connectivity index (χ3n) is 4.95. The number of methoxy groups -OCH3 is 1. The number of nitrogen functional groups attached to an aromatic ring is 1. The summed E-state index contributed by atoms with van der Waals surface area (Å²) in [6, 6.07) is 6.64. The van der Waals surface area contributed by atoms with Crippen molar-refractivity contribution in [3.05, 3.63) is 24.4 Å². The molecule has 1 aliphatic rings. The zero-order chi connectivity index (χ0) is 21.3. The zero-order valence-corrected chi connectivity index (χ0v) is 19.0. The number of nitrogens with zero attached hydrogens (tertiary/aromatic N) is 4. The lowest BCUT2D eigenvalue weighted by Crippen LogP contribution is -2.22. The first kappa shape index (κ1) is 20.6. The Morgan fingerprint density at radius 2 is 2.00 bits per heavy atom. The minimum Gasteiger partial charge on any atom is -0.489 e. The average molecular weight is 428 g/mol. The first-order chi connectivity index (χ1) is 14.4. The van der Waals surface area contributed by atoms with Crippen LogP contribution in [0.2, 0.25) is 25.7 Å². The summed E-state index contributed by atoms with van der Waals surface area (Å²) < 4.78 is 19.4. The SMILES string of the molecule is COc1nccc(OC2CC2)c1-c1nn(COCC[Si](C)(C)C)c2nc(N)ccc12. The minimum absolute atomic E-state index is 0.239. The molecule has 0 saturated heterocycles. The second-order valence-electron chi connectivity index (χ2n) is 8.81. The van der Waals surface area contributed by atoms with Gasteiger partial charge in [0.05, 0.1) is 13.2 Å². The number of anilines is 1. The third kappa shape index (κ3) is 4.57. The Hall–Kier alpha value is -2.65. The Bertz CT molecular complexity index is 1040. The first-order valence-corrected chi connectivity index (χ1v) is 14.0. The van der Waals surface area contributed by atoms with Crippen molar-refractivity contribution in [1.82, 2.24) is 19.7 Å². The van der Waals surface area contributed by atoms with Crippen molar-refractivity contribution in [3.8, 4) is 22.9 Å². The van der Waals surface area contributed by atoms with Crippen LogP contribution in [0.4, 0.5) is 5.82 Å². The number of aromatic nitrogens is 4. The molecule has 0 unspecified atom stereocenters. The summed E-state index contributed by atoms with van der Waals surface area (Å²) in [5, 5.41) is 5.67. The quantitative estimate of drug-likeness (QED) is 0.408. The van der Waals surface area contributed by atoms with Crippen molar-refractivity contribution < 1.29 is 14.2 Å². The minimum atomic E-state index is -1.17. The molecular weight excluding hydrogens is 398 g/mol. The van der Waals surface area contributed by atoms with Crippen LogP contribution in [0.3, 0.4) is 0 Å². The molecule has 3 heterocycles. The normalized spacial score (nSPS) is 14.3. The fourth-order valence-corrected chi connectivity index (χ4v) is 3.89. The molecule has 4 rings (SSSR count). The van der Waals surface area contributed by atoms with Gasteiger partial charge >= 0.3 is 0 Å². The Labute approximate surface area is 177 Å². The molecule has 0 amide bonds. The molecule has 1 aliphatic carbocycles. The van der Waals surface area contributed by atoms with E-state index in [0.717, 1.165) is 29.8 Å². The lowest BCUT2D eigenvalue weighted by molar-refractivity contribution is 0.0814. The molecule has 1 fully saturated rings. The van der Waals surface area contributed by atoms with Gasteiger partial charge in [0.25, 0.3) is 0 Å². The smallest absolute Gasteiger partial charge is 0.226 e. The van der Waals surface area contributed by atoms with E-state index in [1.165, 1.54) is 0 Å². The summed E-state index contributed by atoms with van der Waals surface area (Å²) in [6.45, 7) is 7.99. The molecule has 0 aromatic carbocycles. The highest BCUT2D eigenvalue weighted by atomic mass is 28.3. The van der Waals surface area contributed by atoms with Crippen LogP contribution in [-0.2, 0) is 11.5 Å². The van der Waals surface area contributed by atoms with Crippen LogP contribution in [0, 0.1) is 0 Å². The van der Waals surface area contributed by atoms with E-state index in [4.69, 9.17) is 25.0 Å². The lowest BCUT2D eigenvalue weighted by atomic mass is 10.1. The van der Waals surface area contributed by atoms with Gasteiger partial charge < -0.3 is 19.9 Å². The number of rotatable bonds is 9. The number of fused-ring (bicyclic) bond motifs is 1. The van der Waals surface area contributed by atoms with Crippen molar-refractivity contribution in [2.75, 3.05) is 19.5 Å². The standard InChI is InChI=1S/C21H29N5O3Si/c1-27-21-18(16(9-10-23-21)29-14-5-6-14)19-15-7-8-17(22)24-20(15)26(25-19)13-28-11-12-30(2,3)4/h7-10,14H,5-6,11-13H2,1-4H3,(H2,22,24). The van der Waals surface area contributed by atoms with E-state index in [0.29, 0.717) is 42.1 Å². The molecule has 160 valence electrons. The average Bonchev–Trinajstić information content (AvgIpc) is 3.44. The molecule has 2 N–H and O–H groups in total. The molecule has 3 aromatic heterocycles. The summed E-state index contributed by atoms with van der Waals surface area (Å²) in [6.07, 6.45) is 4.04. The van der Waals surface area contributed by atoms with Gasteiger partial charge in [-0.05, 0) is 37.1 Å². The third-order valence-corrected chi connectivity index (χ3v) is 6.66. The molecule has 0 atom stereocenters. The van der Waals surface area contributed by atoms with Gasteiger partial charge in [0.1, 0.15) is 29.6 Å². The largest absolute Gasteiger partial charge is 0.489 e. The fourth-order valence-electron chi connectivity index (χ4n) is 3.13. The van der Waals surface area contributed by atoms with Crippen LogP contribution in [0.15, 0.2) is 24.4 Å². The van der Waals surface area contributed by atoms with E-state index in [2.05, 4.69) is 29.6 Å². The number of pyridine rings is 2. The van der Waals surface area contributed by atoms with E-state index in [-0.39, 0.29) is 6.10 Å². The summed E-state index contributed by atoms with van der Waals surface area (Å²) in [5.74, 6) is 1.62. The fraction of sp³-hybridized carbons (Fsp3) is 0.476. The van der Waals surface area contributed by atoms with Gasteiger partial charge in [-0.15, -0.1) is 0 Å². The Morgan fingerprint density at radius 1 is 1.20 bits per heavy atom. The molecule has 0 aliphatic heterocycles. The van der Waals surface area contributed by atoms with E-state index in [1.807, 2.05) is 12.1 Å². The van der Waals surface area contributed by atoms with Gasteiger partial charge in [0.2, 0.25) is 5.88 Å². The van der Waals surface area contributed by atoms with E-state index in [1.54, 1.807) is 24.1 Å². The maximum atomic E-state index is 6.13. The highest BCUT2D eigenvalue weighted by molar-refractivity contribution is 6.76. The molecule has 0 bridgehead atoms. The monoisotopic (exact) mass is 427 g/mol. The maximum Gasteiger partial charge on any atom is 0.226 e.